The van der Waals surface area contributed by atoms with Gasteiger partial charge in [-0.05, 0) is 35.0 Å². The number of hydrogen-bond donors (Lipinski definition) is 4. The van der Waals surface area contributed by atoms with Gasteiger partial charge in [-0.15, -0.1) is 20.4 Å². The number of carbonyl (C=O) groups is 2. The van der Waals surface area contributed by atoms with Crippen LogP contribution in [0.25, 0.3) is 10.8 Å². The van der Waals surface area contributed by atoms with Gasteiger partial charge >= 0.3 is 0 Å². The van der Waals surface area contributed by atoms with Crippen LogP contribution in [-0.2, 0) is 9.59 Å². The number of carbonyl (C=O) groups excluding carboxylic acids is 2. The Labute approximate surface area is 198 Å². The molecule has 14 heteroatoms. The molecule has 0 unspecified atom stereocenters. The molecule has 0 aliphatic carbocycles. The van der Waals surface area contributed by atoms with E-state index in [9.17, 15) is 9.59 Å². The first-order chi connectivity index (χ1) is 15.4. The largest absolute Gasteiger partial charge is 0.374 e. The van der Waals surface area contributed by atoms with Gasteiger partial charge in [0.05, 0.1) is 11.5 Å². The van der Waals surface area contributed by atoms with E-state index in [4.69, 9.17) is 11.5 Å². The molecule has 0 bridgehead atoms. The van der Waals surface area contributed by atoms with E-state index in [0.717, 1.165) is 10.8 Å². The minimum atomic E-state index is -0.165. The topological polar surface area (TPSA) is 162 Å². The summed E-state index contributed by atoms with van der Waals surface area (Å²) in [5.41, 5.74) is 12.4. The molecule has 164 valence electrons. The zero-order chi connectivity index (χ0) is 22.5. The second kappa shape index (κ2) is 10.1. The maximum Gasteiger partial charge on any atom is 0.234 e. The van der Waals surface area contributed by atoms with Gasteiger partial charge in [-0.3, -0.25) is 9.59 Å². The van der Waals surface area contributed by atoms with Gasteiger partial charge in [0.2, 0.25) is 22.1 Å². The standard InChI is InChI=1S/C18H16N8O2S4/c19-15-23-25-17(31-15)29-7-13(27)21-11-3-1-9-2-4-12(6-10(9)5-11)22-14(28)8-30-18-26-24-16(20)32-18/h1-6H,7-8H2,(H2,19,23)(H2,20,24)(H,21,27)(H,22,28). The first-order valence-corrected chi connectivity index (χ1v) is 12.6. The third-order valence-corrected chi connectivity index (χ3v) is 7.68. The van der Waals surface area contributed by atoms with E-state index in [1.54, 1.807) is 0 Å². The van der Waals surface area contributed by atoms with Crippen molar-refractivity contribution in [3.05, 3.63) is 36.4 Å². The molecule has 2 aromatic heterocycles. The number of nitrogens with two attached hydrogens (primary N) is 2. The van der Waals surface area contributed by atoms with E-state index < -0.39 is 0 Å². The summed E-state index contributed by atoms with van der Waals surface area (Å²) < 4.78 is 1.29. The Balaban J connectivity index is 1.35. The van der Waals surface area contributed by atoms with E-state index >= 15 is 0 Å². The molecule has 0 atom stereocenters. The second-order valence-corrected chi connectivity index (χ2v) is 10.7. The van der Waals surface area contributed by atoms with Gasteiger partial charge in [-0.2, -0.15) is 0 Å². The van der Waals surface area contributed by atoms with Crippen LogP contribution < -0.4 is 22.1 Å². The lowest BCUT2D eigenvalue weighted by Gasteiger charge is -2.09. The van der Waals surface area contributed by atoms with Crippen molar-refractivity contribution in [2.45, 2.75) is 8.68 Å². The average molecular weight is 505 g/mol. The zero-order valence-corrected chi connectivity index (χ0v) is 19.5. The van der Waals surface area contributed by atoms with Crippen LogP contribution in [0, 0.1) is 0 Å². The summed E-state index contributed by atoms with van der Waals surface area (Å²) in [6.45, 7) is 0. The Hall–Kier alpha value is -2.94. The first kappa shape index (κ1) is 22.3. The van der Waals surface area contributed by atoms with Crippen molar-refractivity contribution in [1.82, 2.24) is 20.4 Å². The number of nitrogen functional groups attached to an aromatic ring is 2. The number of thioether (sulfide) groups is 2. The predicted molar refractivity (Wildman–Crippen MR) is 131 cm³/mol. The normalized spacial score (nSPS) is 10.9. The SMILES string of the molecule is Nc1nnc(SCC(=O)Nc2ccc3ccc(NC(=O)CSc4nnc(N)s4)cc3c2)s1. The number of fused-ring (bicyclic) bond motifs is 1. The summed E-state index contributed by atoms with van der Waals surface area (Å²) in [6, 6.07) is 11.2. The predicted octanol–water partition coefficient (Wildman–Crippen LogP) is 3.17. The Morgan fingerprint density at radius 1 is 0.750 bits per heavy atom. The van der Waals surface area contributed by atoms with E-state index in [2.05, 4.69) is 31.0 Å². The lowest BCUT2D eigenvalue weighted by Crippen LogP contribution is -2.14. The maximum absolute atomic E-state index is 12.2. The molecule has 2 amide bonds. The highest BCUT2D eigenvalue weighted by molar-refractivity contribution is 8.02. The molecule has 4 aromatic rings. The Bertz CT molecular complexity index is 1180. The molecule has 0 saturated heterocycles. The van der Waals surface area contributed by atoms with Crippen LogP contribution in [0.5, 0.6) is 0 Å². The molecule has 0 radical (unpaired) electrons. The third-order valence-electron chi connectivity index (χ3n) is 3.91. The quantitative estimate of drug-likeness (QED) is 0.262. The molecule has 6 N–H and O–H groups in total. The monoisotopic (exact) mass is 504 g/mol. The van der Waals surface area contributed by atoms with Gasteiger partial charge in [0.1, 0.15) is 0 Å². The van der Waals surface area contributed by atoms with Gasteiger partial charge in [-0.1, -0.05) is 58.3 Å². The van der Waals surface area contributed by atoms with Gasteiger partial charge in [0.25, 0.3) is 0 Å². The number of rotatable bonds is 8. The number of hydrogen-bond acceptors (Lipinski definition) is 12. The van der Waals surface area contributed by atoms with Crippen molar-refractivity contribution < 1.29 is 9.59 Å². The van der Waals surface area contributed by atoms with Crippen LogP contribution >= 0.6 is 46.2 Å². The number of benzene rings is 2. The summed E-state index contributed by atoms with van der Waals surface area (Å²) >= 11 is 5.03. The maximum atomic E-state index is 12.2. The van der Waals surface area contributed by atoms with Crippen LogP contribution in [0.3, 0.4) is 0 Å². The van der Waals surface area contributed by atoms with Crippen molar-refractivity contribution in [3.8, 4) is 0 Å². The molecule has 2 aromatic carbocycles. The molecule has 0 aliphatic heterocycles. The number of nitrogens with one attached hydrogen (secondary N) is 2. The van der Waals surface area contributed by atoms with E-state index in [1.807, 2.05) is 36.4 Å². The van der Waals surface area contributed by atoms with E-state index in [0.29, 0.717) is 30.3 Å². The molecule has 2 heterocycles. The highest BCUT2D eigenvalue weighted by atomic mass is 32.2. The molecule has 4 rings (SSSR count). The molecule has 0 aliphatic rings. The molecular formula is C18H16N8O2S4. The molecule has 10 nitrogen and oxygen atoms in total. The van der Waals surface area contributed by atoms with Crippen LogP contribution in [-0.4, -0.2) is 43.7 Å². The molecule has 32 heavy (non-hydrogen) atoms. The molecule has 0 spiro atoms. The van der Waals surface area contributed by atoms with Crippen LogP contribution in [0.4, 0.5) is 21.6 Å². The Morgan fingerprint density at radius 3 is 1.62 bits per heavy atom. The van der Waals surface area contributed by atoms with Gasteiger partial charge in [-0.25, -0.2) is 0 Å². The number of nitrogens with zero attached hydrogens (tertiary/aromatic N) is 4. The van der Waals surface area contributed by atoms with Crippen LogP contribution in [0.1, 0.15) is 0 Å². The van der Waals surface area contributed by atoms with Gasteiger partial charge in [0.15, 0.2) is 8.68 Å². The number of aromatic nitrogens is 4. The summed E-state index contributed by atoms with van der Waals surface area (Å²) in [5, 5.41) is 23.5. The molecular weight excluding hydrogens is 489 g/mol. The van der Waals surface area contributed by atoms with Gasteiger partial charge in [0, 0.05) is 11.4 Å². The summed E-state index contributed by atoms with van der Waals surface area (Å²) in [4.78, 5) is 24.5. The third kappa shape index (κ3) is 6.06. The Kier molecular flexibility index (Phi) is 7.04. The molecule has 0 fully saturated rings. The van der Waals surface area contributed by atoms with Gasteiger partial charge < -0.3 is 22.1 Å². The lowest BCUT2D eigenvalue weighted by molar-refractivity contribution is -0.114. The minimum absolute atomic E-state index is 0.165. The van der Waals surface area contributed by atoms with E-state index in [1.165, 1.54) is 46.2 Å². The fourth-order valence-corrected chi connectivity index (χ4v) is 5.48. The molecule has 0 saturated carbocycles. The van der Waals surface area contributed by atoms with Crippen molar-refractivity contribution in [2.24, 2.45) is 0 Å². The van der Waals surface area contributed by atoms with Crippen LogP contribution in [0.2, 0.25) is 0 Å². The highest BCUT2D eigenvalue weighted by Gasteiger charge is 2.10. The number of amides is 2. The number of anilines is 4. The summed E-state index contributed by atoms with van der Waals surface area (Å²) in [5.74, 6) is 0.0605. The van der Waals surface area contributed by atoms with Crippen molar-refractivity contribution in [3.63, 3.8) is 0 Å². The summed E-state index contributed by atoms with van der Waals surface area (Å²) in [7, 11) is 0. The van der Waals surface area contributed by atoms with Crippen molar-refractivity contribution in [1.29, 1.82) is 0 Å². The average Bonchev–Trinajstić information content (AvgIpc) is 3.38. The van der Waals surface area contributed by atoms with Crippen LogP contribution in [0.15, 0.2) is 45.1 Å². The zero-order valence-electron chi connectivity index (χ0n) is 16.3. The highest BCUT2D eigenvalue weighted by Crippen LogP contribution is 2.26. The van der Waals surface area contributed by atoms with Crippen molar-refractivity contribution >= 4 is 90.4 Å². The smallest absolute Gasteiger partial charge is 0.234 e. The van der Waals surface area contributed by atoms with E-state index in [-0.39, 0.29) is 23.3 Å². The van der Waals surface area contributed by atoms with Crippen molar-refractivity contribution in [2.75, 3.05) is 33.6 Å². The second-order valence-electron chi connectivity index (χ2n) is 6.26. The first-order valence-electron chi connectivity index (χ1n) is 9.02. The lowest BCUT2D eigenvalue weighted by atomic mass is 10.1. The minimum Gasteiger partial charge on any atom is -0.374 e. The fraction of sp³-hybridized carbons (Fsp3) is 0.111. The fourth-order valence-electron chi connectivity index (χ4n) is 2.61. The summed E-state index contributed by atoms with van der Waals surface area (Å²) in [6.07, 6.45) is 0. The Morgan fingerprint density at radius 2 is 1.22 bits per heavy atom.